The average Bonchev–Trinajstić information content (AvgIpc) is 2.67. The fourth-order valence-corrected chi connectivity index (χ4v) is 2.18. The monoisotopic (exact) mass is 352 g/mol. The van der Waals surface area contributed by atoms with Gasteiger partial charge in [-0.1, -0.05) is 24.3 Å². The summed E-state index contributed by atoms with van der Waals surface area (Å²) in [6.07, 6.45) is 3.36. The molecule has 0 unspecified atom stereocenters. The number of benzene rings is 2. The smallest absolute Gasteiger partial charge is 0.337 e. The number of ether oxygens (including phenoxy) is 1. The maximum atomic E-state index is 12.0. The van der Waals surface area contributed by atoms with E-state index in [-0.39, 0.29) is 11.8 Å². The fourth-order valence-electron chi connectivity index (χ4n) is 2.18. The van der Waals surface area contributed by atoms with E-state index < -0.39 is 5.97 Å². The fraction of sp³-hybridized carbons (Fsp3) is 0.150. The summed E-state index contributed by atoms with van der Waals surface area (Å²) < 4.78 is 4.63. The van der Waals surface area contributed by atoms with E-state index in [1.807, 2.05) is 0 Å². The molecule has 6 heteroatoms. The molecule has 0 fully saturated rings. The number of anilines is 1. The molecule has 0 aliphatic carbocycles. The summed E-state index contributed by atoms with van der Waals surface area (Å²) in [5.74, 6) is -0.748. The molecule has 0 saturated heterocycles. The van der Waals surface area contributed by atoms with Crippen LogP contribution >= 0.6 is 0 Å². The number of amides is 2. The first kappa shape index (κ1) is 18.9. The molecular weight excluding hydrogens is 332 g/mol. The van der Waals surface area contributed by atoms with Crippen LogP contribution in [0.15, 0.2) is 54.6 Å². The predicted octanol–water partition coefficient (Wildman–Crippen LogP) is 2.41. The Hall–Kier alpha value is -3.41. The molecule has 6 nitrogen and oxygen atoms in total. The third-order valence-corrected chi connectivity index (χ3v) is 3.62. The van der Waals surface area contributed by atoms with Crippen molar-refractivity contribution < 1.29 is 19.1 Å². The highest BCUT2D eigenvalue weighted by Gasteiger charge is 2.04. The molecule has 0 aromatic heterocycles. The van der Waals surface area contributed by atoms with Crippen LogP contribution in [0.1, 0.15) is 21.5 Å². The number of methoxy groups -OCH3 is 1. The molecule has 26 heavy (non-hydrogen) atoms. The molecule has 2 rings (SSSR count). The molecule has 0 saturated carbocycles. The topological polar surface area (TPSA) is 84.5 Å². The van der Waals surface area contributed by atoms with Crippen molar-refractivity contribution in [3.8, 4) is 0 Å². The summed E-state index contributed by atoms with van der Waals surface area (Å²) >= 11 is 0. The summed E-state index contributed by atoms with van der Waals surface area (Å²) in [6, 6.07) is 13.8. The zero-order valence-corrected chi connectivity index (χ0v) is 14.6. The predicted molar refractivity (Wildman–Crippen MR) is 99.7 cm³/mol. The Kier molecular flexibility index (Phi) is 6.68. The zero-order valence-electron chi connectivity index (χ0n) is 14.6. The molecule has 0 spiro atoms. The maximum Gasteiger partial charge on any atom is 0.337 e. The lowest BCUT2D eigenvalue weighted by molar-refractivity contribution is -0.120. The quantitative estimate of drug-likeness (QED) is 0.618. The molecule has 134 valence electrons. The molecule has 0 aliphatic rings. The third-order valence-electron chi connectivity index (χ3n) is 3.62. The van der Waals surface area contributed by atoms with Crippen LogP contribution < -0.4 is 10.6 Å². The Balaban J connectivity index is 1.92. The van der Waals surface area contributed by atoms with E-state index in [1.54, 1.807) is 61.7 Å². The number of likely N-dealkylation sites (N-methyl/N-ethyl adjacent to an activating group) is 1. The highest BCUT2D eigenvalue weighted by Crippen LogP contribution is 2.11. The van der Waals surface area contributed by atoms with Gasteiger partial charge < -0.3 is 15.4 Å². The van der Waals surface area contributed by atoms with Gasteiger partial charge in [0.1, 0.15) is 0 Å². The maximum absolute atomic E-state index is 12.0. The van der Waals surface area contributed by atoms with Crippen LogP contribution in [0.2, 0.25) is 0 Å². The summed E-state index contributed by atoms with van der Waals surface area (Å²) in [5.41, 5.74) is 2.74. The standard InChI is InChI=1S/C20H20N2O4/c1-21-19(24)13-15-5-10-17(11-6-15)22-18(23)12-7-14-3-8-16(9-4-14)20(25)26-2/h3-12H,13H2,1-2H3,(H,21,24)(H,22,23)/b12-7+. The molecule has 0 heterocycles. The summed E-state index contributed by atoms with van der Waals surface area (Å²) in [5, 5.41) is 5.31. The van der Waals surface area contributed by atoms with Crippen LogP contribution in [0, 0.1) is 0 Å². The van der Waals surface area contributed by atoms with Crippen LogP contribution in [0.25, 0.3) is 6.08 Å². The van der Waals surface area contributed by atoms with Crippen molar-refractivity contribution in [3.05, 3.63) is 71.3 Å². The van der Waals surface area contributed by atoms with Crippen molar-refractivity contribution in [2.75, 3.05) is 19.5 Å². The van der Waals surface area contributed by atoms with Gasteiger partial charge in [-0.25, -0.2) is 4.79 Å². The van der Waals surface area contributed by atoms with Gasteiger partial charge in [0, 0.05) is 18.8 Å². The van der Waals surface area contributed by atoms with Crippen molar-refractivity contribution in [1.29, 1.82) is 0 Å². The van der Waals surface area contributed by atoms with Crippen LogP contribution in [0.4, 0.5) is 5.69 Å². The van der Waals surface area contributed by atoms with E-state index in [0.29, 0.717) is 17.7 Å². The average molecular weight is 352 g/mol. The number of hydrogen-bond donors (Lipinski definition) is 2. The van der Waals surface area contributed by atoms with Crippen molar-refractivity contribution in [2.24, 2.45) is 0 Å². The van der Waals surface area contributed by atoms with Gasteiger partial charge in [-0.2, -0.15) is 0 Å². The molecule has 2 amide bonds. The Morgan fingerprint density at radius 2 is 1.65 bits per heavy atom. The minimum atomic E-state index is -0.405. The molecule has 0 atom stereocenters. The van der Waals surface area contributed by atoms with Gasteiger partial charge >= 0.3 is 5.97 Å². The highest BCUT2D eigenvalue weighted by molar-refractivity contribution is 6.02. The Bertz CT molecular complexity index is 809. The molecule has 0 radical (unpaired) electrons. The first-order valence-corrected chi connectivity index (χ1v) is 7.99. The minimum Gasteiger partial charge on any atom is -0.465 e. The molecule has 2 N–H and O–H groups in total. The van der Waals surface area contributed by atoms with Gasteiger partial charge in [-0.05, 0) is 41.5 Å². The van der Waals surface area contributed by atoms with Gasteiger partial charge in [0.25, 0.3) is 0 Å². The molecule has 0 bridgehead atoms. The molecule has 2 aromatic rings. The third kappa shape index (κ3) is 5.59. The lowest BCUT2D eigenvalue weighted by Gasteiger charge is -2.04. The lowest BCUT2D eigenvalue weighted by Crippen LogP contribution is -2.19. The number of carbonyl (C=O) groups is 3. The van der Waals surface area contributed by atoms with Gasteiger partial charge in [-0.15, -0.1) is 0 Å². The number of hydrogen-bond acceptors (Lipinski definition) is 4. The van der Waals surface area contributed by atoms with Gasteiger partial charge in [-0.3, -0.25) is 9.59 Å². The van der Waals surface area contributed by atoms with Crippen LogP contribution in [-0.4, -0.2) is 31.9 Å². The van der Waals surface area contributed by atoms with Crippen LogP contribution in [0.5, 0.6) is 0 Å². The zero-order chi connectivity index (χ0) is 18.9. The van der Waals surface area contributed by atoms with Gasteiger partial charge in [0.15, 0.2) is 0 Å². The van der Waals surface area contributed by atoms with Gasteiger partial charge in [0.2, 0.25) is 11.8 Å². The van der Waals surface area contributed by atoms with E-state index >= 15 is 0 Å². The van der Waals surface area contributed by atoms with E-state index in [9.17, 15) is 14.4 Å². The SMILES string of the molecule is CNC(=O)Cc1ccc(NC(=O)/C=C/c2ccc(C(=O)OC)cc2)cc1. The second-order valence-corrected chi connectivity index (χ2v) is 5.48. The van der Waals surface area contributed by atoms with E-state index in [2.05, 4.69) is 15.4 Å². The lowest BCUT2D eigenvalue weighted by atomic mass is 10.1. The van der Waals surface area contributed by atoms with E-state index in [1.165, 1.54) is 13.2 Å². The first-order valence-electron chi connectivity index (χ1n) is 7.99. The Labute approximate surface area is 151 Å². The Morgan fingerprint density at radius 1 is 1.00 bits per heavy atom. The van der Waals surface area contributed by atoms with Gasteiger partial charge in [0.05, 0.1) is 19.1 Å². The Morgan fingerprint density at radius 3 is 2.23 bits per heavy atom. The summed E-state index contributed by atoms with van der Waals surface area (Å²) in [7, 11) is 2.91. The van der Waals surface area contributed by atoms with E-state index in [4.69, 9.17) is 0 Å². The summed E-state index contributed by atoms with van der Waals surface area (Å²) in [6.45, 7) is 0. The van der Waals surface area contributed by atoms with Crippen LogP contribution in [-0.2, 0) is 20.7 Å². The number of nitrogens with one attached hydrogen (secondary N) is 2. The second kappa shape index (κ2) is 9.17. The first-order chi connectivity index (χ1) is 12.5. The minimum absolute atomic E-state index is 0.0667. The summed E-state index contributed by atoms with van der Waals surface area (Å²) in [4.78, 5) is 34.7. The van der Waals surface area contributed by atoms with Crippen LogP contribution in [0.3, 0.4) is 0 Å². The molecular formula is C20H20N2O4. The van der Waals surface area contributed by atoms with Crippen molar-refractivity contribution >= 4 is 29.5 Å². The number of carbonyl (C=O) groups excluding carboxylic acids is 3. The van der Waals surface area contributed by atoms with Crippen molar-refractivity contribution in [2.45, 2.75) is 6.42 Å². The van der Waals surface area contributed by atoms with Crippen molar-refractivity contribution in [3.63, 3.8) is 0 Å². The molecule has 0 aliphatic heterocycles. The highest BCUT2D eigenvalue weighted by atomic mass is 16.5. The van der Waals surface area contributed by atoms with E-state index in [0.717, 1.165) is 11.1 Å². The molecule has 2 aromatic carbocycles. The normalized spacial score (nSPS) is 10.4. The second-order valence-electron chi connectivity index (χ2n) is 5.48. The number of esters is 1. The van der Waals surface area contributed by atoms with Crippen molar-refractivity contribution in [1.82, 2.24) is 5.32 Å². The number of rotatable bonds is 6. The largest absolute Gasteiger partial charge is 0.465 e.